The van der Waals surface area contributed by atoms with Crippen LogP contribution in [0, 0.1) is 0 Å². The summed E-state index contributed by atoms with van der Waals surface area (Å²) in [6.45, 7) is 5.44. The van der Waals surface area contributed by atoms with Crippen LogP contribution in [0.1, 0.15) is 34.1 Å². The van der Waals surface area contributed by atoms with Gasteiger partial charge >= 0.3 is 6.18 Å². The second kappa shape index (κ2) is 10.3. The fourth-order valence-electron chi connectivity index (χ4n) is 4.40. The fraction of sp³-hybridized carbons (Fsp3) is 0.296. The van der Waals surface area contributed by atoms with E-state index < -0.39 is 17.6 Å². The number of rotatable bonds is 6. The molecule has 1 aliphatic rings. The zero-order valence-corrected chi connectivity index (χ0v) is 20.2. The maximum absolute atomic E-state index is 13.8. The number of alkyl halides is 3. The van der Waals surface area contributed by atoms with E-state index in [-0.39, 0.29) is 22.5 Å². The second-order valence-corrected chi connectivity index (χ2v) is 8.88. The molecule has 1 amide bonds. The Balaban J connectivity index is 1.42. The number of aromatic amines is 1. The lowest BCUT2D eigenvalue weighted by atomic mass is 10.0. The summed E-state index contributed by atoms with van der Waals surface area (Å²) in [4.78, 5) is 27.3. The van der Waals surface area contributed by atoms with Crippen molar-refractivity contribution in [1.82, 2.24) is 19.9 Å². The van der Waals surface area contributed by atoms with E-state index in [0.717, 1.165) is 24.8 Å². The van der Waals surface area contributed by atoms with Gasteiger partial charge in [0.15, 0.2) is 0 Å². The van der Waals surface area contributed by atoms with Gasteiger partial charge in [0, 0.05) is 25.2 Å². The highest BCUT2D eigenvalue weighted by Gasteiger charge is 2.34. The summed E-state index contributed by atoms with van der Waals surface area (Å²) in [6.07, 6.45) is -4.06. The minimum absolute atomic E-state index is 0.0517. The van der Waals surface area contributed by atoms with Gasteiger partial charge in [0.2, 0.25) is 0 Å². The van der Waals surface area contributed by atoms with Crippen LogP contribution in [0.5, 0.6) is 0 Å². The summed E-state index contributed by atoms with van der Waals surface area (Å²) in [6, 6.07) is 14.6. The molecule has 10 heteroatoms. The molecule has 192 valence electrons. The van der Waals surface area contributed by atoms with Crippen LogP contribution < -0.4 is 5.32 Å². The Kier molecular flexibility index (Phi) is 6.94. The maximum Gasteiger partial charge on any atom is 0.417 e. The molecule has 0 bridgehead atoms. The van der Waals surface area contributed by atoms with Crippen LogP contribution in [0.2, 0.25) is 0 Å². The molecular weight excluding hydrogens is 483 g/mol. The van der Waals surface area contributed by atoms with Crippen molar-refractivity contribution in [3.05, 3.63) is 77.0 Å². The predicted octanol–water partition coefficient (Wildman–Crippen LogP) is 5.29. The molecule has 7 nitrogen and oxygen atoms in total. The number of benzene rings is 2. The molecule has 2 aromatic carbocycles. The van der Waals surface area contributed by atoms with Crippen LogP contribution in [0.3, 0.4) is 0 Å². The Morgan fingerprint density at radius 2 is 1.86 bits per heavy atom. The second-order valence-electron chi connectivity index (χ2n) is 8.88. The number of nitrogens with zero attached hydrogens (tertiary/aromatic N) is 3. The molecule has 2 N–H and O–H groups in total. The molecule has 0 saturated carbocycles. The summed E-state index contributed by atoms with van der Waals surface area (Å²) in [7, 11) is 0. The van der Waals surface area contributed by atoms with Gasteiger partial charge in [-0.05, 0) is 42.3 Å². The van der Waals surface area contributed by atoms with Gasteiger partial charge in [-0.2, -0.15) is 13.2 Å². The molecule has 0 radical (unpaired) electrons. The van der Waals surface area contributed by atoms with Crippen molar-refractivity contribution >= 4 is 22.8 Å². The van der Waals surface area contributed by atoms with Gasteiger partial charge in [-0.3, -0.25) is 9.69 Å². The van der Waals surface area contributed by atoms with Crippen LogP contribution >= 0.6 is 0 Å². The standard InChI is InChI=1S/C27H26F3N5O2/c1-2-17-9-10-19(21(15-17)27(28,29)30)25-32-22-7-4-6-20(24(22)34-25)26(36)33-23-8-3-5-18(31-23)16-35-11-13-37-14-12-35/h3-10,15H,2,11-14,16H2,1H3,(H,32,34)(H,31,33,36). The normalized spacial score (nSPS) is 14.7. The number of carbonyl (C=O) groups is 1. The first-order valence-corrected chi connectivity index (χ1v) is 12.1. The molecule has 1 fully saturated rings. The third-order valence-corrected chi connectivity index (χ3v) is 6.35. The fourth-order valence-corrected chi connectivity index (χ4v) is 4.40. The first kappa shape index (κ1) is 24.9. The number of pyridine rings is 1. The van der Waals surface area contributed by atoms with E-state index in [2.05, 4.69) is 25.2 Å². The van der Waals surface area contributed by atoms with Crippen LogP contribution in [0.15, 0.2) is 54.6 Å². The molecule has 3 heterocycles. The van der Waals surface area contributed by atoms with Crippen molar-refractivity contribution in [3.8, 4) is 11.4 Å². The lowest BCUT2D eigenvalue weighted by molar-refractivity contribution is -0.137. The molecule has 1 aliphatic heterocycles. The Bertz CT molecular complexity index is 1430. The van der Waals surface area contributed by atoms with Crippen molar-refractivity contribution in [3.63, 3.8) is 0 Å². The molecular formula is C27H26F3N5O2. The zero-order chi connectivity index (χ0) is 26.0. The van der Waals surface area contributed by atoms with Gasteiger partial charge in [0.1, 0.15) is 17.2 Å². The molecule has 4 aromatic rings. The number of H-pyrrole nitrogens is 1. The highest BCUT2D eigenvalue weighted by molar-refractivity contribution is 6.11. The van der Waals surface area contributed by atoms with E-state index in [1.165, 1.54) is 6.07 Å². The molecule has 5 rings (SSSR count). The highest BCUT2D eigenvalue weighted by Crippen LogP contribution is 2.37. The molecule has 0 spiro atoms. The van der Waals surface area contributed by atoms with Crippen LogP contribution in [-0.4, -0.2) is 52.1 Å². The van der Waals surface area contributed by atoms with E-state index in [1.807, 2.05) is 12.1 Å². The van der Waals surface area contributed by atoms with Gasteiger partial charge in [0.05, 0.1) is 35.6 Å². The monoisotopic (exact) mass is 509 g/mol. The zero-order valence-electron chi connectivity index (χ0n) is 20.2. The summed E-state index contributed by atoms with van der Waals surface area (Å²) in [5.74, 6) is -0.00839. The number of aromatic nitrogens is 3. The van der Waals surface area contributed by atoms with Crippen LogP contribution in [0.4, 0.5) is 19.0 Å². The smallest absolute Gasteiger partial charge is 0.379 e. The topological polar surface area (TPSA) is 83.1 Å². The minimum atomic E-state index is -4.54. The van der Waals surface area contributed by atoms with Crippen molar-refractivity contribution in [2.75, 3.05) is 31.6 Å². The first-order chi connectivity index (χ1) is 17.8. The highest BCUT2D eigenvalue weighted by atomic mass is 19.4. The SMILES string of the molecule is CCc1ccc(-c2nc3c(C(=O)Nc4cccc(CN5CCOCC5)n4)cccc3[nH]2)c(C(F)(F)F)c1. The number of hydrogen-bond donors (Lipinski definition) is 2. The lowest BCUT2D eigenvalue weighted by Gasteiger charge is -2.26. The van der Waals surface area contributed by atoms with Crippen LogP contribution in [-0.2, 0) is 23.9 Å². The van der Waals surface area contributed by atoms with Gasteiger partial charge < -0.3 is 15.0 Å². The number of anilines is 1. The quantitative estimate of drug-likeness (QED) is 0.369. The number of imidazole rings is 1. The van der Waals surface area contributed by atoms with Crippen molar-refractivity contribution in [2.24, 2.45) is 0 Å². The van der Waals surface area contributed by atoms with Crippen molar-refractivity contribution in [2.45, 2.75) is 26.1 Å². The van der Waals surface area contributed by atoms with Gasteiger partial charge in [-0.15, -0.1) is 0 Å². The number of halogens is 3. The Morgan fingerprint density at radius 3 is 2.62 bits per heavy atom. The van der Waals surface area contributed by atoms with Gasteiger partial charge in [-0.25, -0.2) is 9.97 Å². The third-order valence-electron chi connectivity index (χ3n) is 6.35. The lowest BCUT2D eigenvalue weighted by Crippen LogP contribution is -2.35. The number of morpholine rings is 1. The maximum atomic E-state index is 13.8. The first-order valence-electron chi connectivity index (χ1n) is 12.1. The summed E-state index contributed by atoms with van der Waals surface area (Å²) >= 11 is 0. The van der Waals surface area contributed by atoms with E-state index in [0.29, 0.717) is 43.1 Å². The van der Waals surface area contributed by atoms with Gasteiger partial charge in [-0.1, -0.05) is 31.2 Å². The molecule has 0 atom stereocenters. The summed E-state index contributed by atoms with van der Waals surface area (Å²) < 4.78 is 46.8. The number of fused-ring (bicyclic) bond motifs is 1. The van der Waals surface area contributed by atoms with E-state index in [4.69, 9.17) is 4.74 Å². The Morgan fingerprint density at radius 1 is 1.08 bits per heavy atom. The molecule has 37 heavy (non-hydrogen) atoms. The summed E-state index contributed by atoms with van der Waals surface area (Å²) in [5.41, 5.74) is 1.55. The van der Waals surface area contributed by atoms with E-state index >= 15 is 0 Å². The van der Waals surface area contributed by atoms with Gasteiger partial charge in [0.25, 0.3) is 5.91 Å². The molecule has 2 aromatic heterocycles. The largest absolute Gasteiger partial charge is 0.417 e. The number of ether oxygens (including phenoxy) is 1. The third kappa shape index (κ3) is 5.50. The van der Waals surface area contributed by atoms with Crippen LogP contribution in [0.25, 0.3) is 22.4 Å². The predicted molar refractivity (Wildman–Crippen MR) is 134 cm³/mol. The average molecular weight is 510 g/mol. The molecule has 0 unspecified atom stereocenters. The minimum Gasteiger partial charge on any atom is -0.379 e. The number of hydrogen-bond acceptors (Lipinski definition) is 5. The molecule has 1 saturated heterocycles. The van der Waals surface area contributed by atoms with Crippen molar-refractivity contribution < 1.29 is 22.7 Å². The number of amides is 1. The summed E-state index contributed by atoms with van der Waals surface area (Å²) in [5, 5.41) is 2.80. The average Bonchev–Trinajstić information content (AvgIpc) is 3.33. The molecule has 0 aliphatic carbocycles. The Labute approximate surface area is 211 Å². The van der Waals surface area contributed by atoms with Crippen molar-refractivity contribution in [1.29, 1.82) is 0 Å². The number of para-hydroxylation sites is 1. The number of carbonyl (C=O) groups excluding carboxylic acids is 1. The Hall–Kier alpha value is -3.76. The number of nitrogens with one attached hydrogen (secondary N) is 2. The number of aryl methyl sites for hydroxylation is 1. The van der Waals surface area contributed by atoms with E-state index in [1.54, 1.807) is 37.3 Å². The van der Waals surface area contributed by atoms with E-state index in [9.17, 15) is 18.0 Å².